The molecule has 1 heterocycles. The zero-order valence-corrected chi connectivity index (χ0v) is 6.61. The summed E-state index contributed by atoms with van der Waals surface area (Å²) in [7, 11) is 0. The van der Waals surface area contributed by atoms with E-state index >= 15 is 0 Å². The lowest BCUT2D eigenvalue weighted by Crippen LogP contribution is -1.80. The number of carbonyl (C=O) groups is 1. The van der Waals surface area contributed by atoms with Crippen molar-refractivity contribution >= 4 is 6.47 Å². The maximum Gasteiger partial charge on any atom is 0.293 e. The van der Waals surface area contributed by atoms with Gasteiger partial charge in [0, 0.05) is 0 Å². The fourth-order valence-corrected chi connectivity index (χ4v) is 0.347. The van der Waals surface area contributed by atoms with E-state index in [-0.39, 0.29) is 0 Å². The summed E-state index contributed by atoms with van der Waals surface area (Å²) in [6.45, 7) is 4.52. The Labute approximate surface area is 65.2 Å². The molecule has 0 unspecified atom stereocenters. The van der Waals surface area contributed by atoms with Crippen molar-refractivity contribution in [1.29, 1.82) is 0 Å². The van der Waals surface area contributed by atoms with Crippen LogP contribution < -0.4 is 0 Å². The maximum absolute atomic E-state index is 9.18. The molecule has 0 radical (unpaired) electrons. The molecule has 0 aliphatic carbocycles. The molecule has 0 aliphatic rings. The summed E-state index contributed by atoms with van der Waals surface area (Å²) >= 11 is 0. The largest absolute Gasteiger partial charge is 0.468 e. The first-order valence-corrected chi connectivity index (χ1v) is 3.21. The number of carbonyl (C=O) groups excluding carboxylic acids is 1. The average Bonchev–Trinajstić information content (AvgIpc) is 2.43. The molecule has 11 heavy (non-hydrogen) atoms. The Morgan fingerprint density at radius 2 is 2.55 bits per heavy atom. The van der Waals surface area contributed by atoms with E-state index in [0.717, 1.165) is 5.76 Å². The van der Waals surface area contributed by atoms with Crippen molar-refractivity contribution in [3.8, 4) is 0 Å². The number of nitrogens with zero attached hydrogens (tertiary/aromatic N) is 1. The van der Waals surface area contributed by atoms with Gasteiger partial charge in [-0.1, -0.05) is 0 Å². The van der Waals surface area contributed by atoms with Crippen LogP contribution in [-0.2, 0) is 9.53 Å². The molecule has 0 bridgehead atoms. The lowest BCUT2D eigenvalue weighted by Gasteiger charge is -1.79. The van der Waals surface area contributed by atoms with Gasteiger partial charge in [0.2, 0.25) is 0 Å². The molecule has 4 nitrogen and oxygen atoms in total. The monoisotopic (exact) mass is 157 g/mol. The molecule has 0 saturated heterocycles. The molecule has 62 valence electrons. The van der Waals surface area contributed by atoms with Crippen LogP contribution in [0.15, 0.2) is 17.0 Å². The number of aryl methyl sites for hydroxylation is 1. The lowest BCUT2D eigenvalue weighted by atomic mass is 10.6. The smallest absolute Gasteiger partial charge is 0.293 e. The molecular weight excluding hydrogens is 146 g/mol. The zero-order chi connectivity index (χ0) is 8.53. The Balaban J connectivity index is 0.000000187. The number of ether oxygens (including phenoxy) is 1. The predicted molar refractivity (Wildman–Crippen MR) is 38.9 cm³/mol. The van der Waals surface area contributed by atoms with Gasteiger partial charge in [0.05, 0.1) is 12.8 Å². The summed E-state index contributed by atoms with van der Waals surface area (Å²) in [5, 5.41) is 0. The van der Waals surface area contributed by atoms with Crippen LogP contribution in [0, 0.1) is 6.92 Å². The van der Waals surface area contributed by atoms with E-state index in [2.05, 4.69) is 9.72 Å². The normalized spacial score (nSPS) is 7.82. The average molecular weight is 157 g/mol. The minimum Gasteiger partial charge on any atom is -0.468 e. The zero-order valence-electron chi connectivity index (χ0n) is 6.61. The van der Waals surface area contributed by atoms with Crippen molar-refractivity contribution in [1.82, 2.24) is 4.98 Å². The predicted octanol–water partition coefficient (Wildman–Crippen LogP) is 1.16. The van der Waals surface area contributed by atoms with Crippen molar-refractivity contribution in [3.05, 3.63) is 18.4 Å². The molecule has 0 spiro atoms. The van der Waals surface area contributed by atoms with Gasteiger partial charge in [-0.2, -0.15) is 0 Å². The van der Waals surface area contributed by atoms with E-state index in [1.807, 2.05) is 6.92 Å². The third-order valence-electron chi connectivity index (χ3n) is 0.791. The lowest BCUT2D eigenvalue weighted by molar-refractivity contribution is -0.128. The first kappa shape index (κ1) is 9.68. The summed E-state index contributed by atoms with van der Waals surface area (Å²) in [5.74, 6) is 0.856. The minimum atomic E-state index is 0.431. The summed E-state index contributed by atoms with van der Waals surface area (Å²) < 4.78 is 8.88. The summed E-state index contributed by atoms with van der Waals surface area (Å²) in [6.07, 6.45) is 3.08. The minimum absolute atomic E-state index is 0.431. The van der Waals surface area contributed by atoms with Crippen molar-refractivity contribution < 1.29 is 13.9 Å². The van der Waals surface area contributed by atoms with Crippen LogP contribution in [0.25, 0.3) is 0 Å². The van der Waals surface area contributed by atoms with Crippen LogP contribution in [0.1, 0.15) is 12.7 Å². The molecule has 0 aliphatic heterocycles. The Morgan fingerprint density at radius 3 is 2.64 bits per heavy atom. The molecule has 1 rings (SSSR count). The second kappa shape index (κ2) is 6.80. The van der Waals surface area contributed by atoms with Gasteiger partial charge in [0.25, 0.3) is 6.47 Å². The third kappa shape index (κ3) is 6.57. The van der Waals surface area contributed by atoms with Gasteiger partial charge in [-0.05, 0) is 13.8 Å². The summed E-state index contributed by atoms with van der Waals surface area (Å²) in [6, 6.07) is 0. The number of oxazole rings is 1. The Bertz CT molecular complexity index is 172. The first-order chi connectivity index (χ1) is 5.31. The van der Waals surface area contributed by atoms with E-state index < -0.39 is 0 Å². The molecule has 0 atom stereocenters. The van der Waals surface area contributed by atoms with E-state index in [1.54, 1.807) is 13.1 Å². The van der Waals surface area contributed by atoms with Crippen LogP contribution in [0.4, 0.5) is 0 Å². The number of rotatable bonds is 2. The van der Waals surface area contributed by atoms with E-state index in [1.165, 1.54) is 6.39 Å². The van der Waals surface area contributed by atoms with Gasteiger partial charge < -0.3 is 9.15 Å². The number of aromatic nitrogens is 1. The standard InChI is InChI=1S/C4H5NO.C3H6O2/c1-4-2-5-3-6-4;1-2-5-3-4/h2-3H,1H3;3H,2H2,1H3. The molecule has 4 heteroatoms. The molecule has 0 aromatic carbocycles. The third-order valence-corrected chi connectivity index (χ3v) is 0.791. The van der Waals surface area contributed by atoms with Gasteiger partial charge in [0.15, 0.2) is 6.39 Å². The highest BCUT2D eigenvalue weighted by Crippen LogP contribution is 1.88. The Hall–Kier alpha value is -1.32. The first-order valence-electron chi connectivity index (χ1n) is 3.21. The fourth-order valence-electron chi connectivity index (χ4n) is 0.347. The van der Waals surface area contributed by atoms with Crippen LogP contribution in [0.3, 0.4) is 0 Å². The Kier molecular flexibility index (Phi) is 5.98. The second-order valence-corrected chi connectivity index (χ2v) is 1.66. The molecule has 0 N–H and O–H groups in total. The van der Waals surface area contributed by atoms with Crippen molar-refractivity contribution in [2.24, 2.45) is 0 Å². The molecule has 0 fully saturated rings. The van der Waals surface area contributed by atoms with Crippen molar-refractivity contribution in [2.75, 3.05) is 6.61 Å². The van der Waals surface area contributed by atoms with Gasteiger partial charge in [-0.25, -0.2) is 4.98 Å². The maximum atomic E-state index is 9.18. The molecule has 0 saturated carbocycles. The van der Waals surface area contributed by atoms with Crippen LogP contribution in [0.2, 0.25) is 0 Å². The second-order valence-electron chi connectivity index (χ2n) is 1.66. The van der Waals surface area contributed by atoms with Crippen molar-refractivity contribution in [2.45, 2.75) is 13.8 Å². The highest BCUT2D eigenvalue weighted by molar-refractivity contribution is 5.36. The van der Waals surface area contributed by atoms with Gasteiger partial charge >= 0.3 is 0 Å². The SMILES string of the molecule is CCOC=O.Cc1cnco1. The van der Waals surface area contributed by atoms with Gasteiger partial charge in [-0.3, -0.25) is 4.79 Å². The quantitative estimate of drug-likeness (QED) is 0.604. The van der Waals surface area contributed by atoms with Crippen molar-refractivity contribution in [3.63, 3.8) is 0 Å². The van der Waals surface area contributed by atoms with E-state index in [9.17, 15) is 4.79 Å². The Morgan fingerprint density at radius 1 is 1.82 bits per heavy atom. The topological polar surface area (TPSA) is 52.3 Å². The van der Waals surface area contributed by atoms with Gasteiger partial charge in [-0.15, -0.1) is 0 Å². The number of hydrogen-bond donors (Lipinski definition) is 0. The highest BCUT2D eigenvalue weighted by atomic mass is 16.5. The van der Waals surface area contributed by atoms with Gasteiger partial charge in [0.1, 0.15) is 5.76 Å². The summed E-state index contributed by atoms with van der Waals surface area (Å²) in [5.41, 5.74) is 0. The number of hydrogen-bond acceptors (Lipinski definition) is 4. The van der Waals surface area contributed by atoms with Crippen LogP contribution >= 0.6 is 0 Å². The van der Waals surface area contributed by atoms with E-state index in [0.29, 0.717) is 13.1 Å². The fraction of sp³-hybridized carbons (Fsp3) is 0.429. The molecule has 0 amide bonds. The van der Waals surface area contributed by atoms with Crippen LogP contribution in [-0.4, -0.2) is 18.1 Å². The van der Waals surface area contributed by atoms with E-state index in [4.69, 9.17) is 4.42 Å². The summed E-state index contributed by atoms with van der Waals surface area (Å²) in [4.78, 5) is 12.8. The van der Waals surface area contributed by atoms with Crippen LogP contribution in [0.5, 0.6) is 0 Å². The molecular formula is C7H11NO3. The molecule has 1 aromatic heterocycles. The molecule has 1 aromatic rings. The highest BCUT2D eigenvalue weighted by Gasteiger charge is 1.77.